The van der Waals surface area contributed by atoms with Crippen molar-refractivity contribution in [3.63, 3.8) is 0 Å². The smallest absolute Gasteiger partial charge is 0.261 e. The third-order valence-electron chi connectivity index (χ3n) is 4.54. The molecule has 142 valence electrons. The number of benzene rings is 2. The molecule has 1 unspecified atom stereocenters. The number of amides is 1. The minimum Gasteiger partial charge on any atom is -0.342 e. The van der Waals surface area contributed by atoms with Crippen LogP contribution in [0.25, 0.3) is 11.0 Å². The van der Waals surface area contributed by atoms with E-state index in [1.165, 1.54) is 11.3 Å². The Morgan fingerprint density at radius 2 is 1.86 bits per heavy atom. The number of nitrogens with one attached hydrogen (secondary N) is 1. The molecular weight excluding hydrogens is 413 g/mol. The second-order valence-electron chi connectivity index (χ2n) is 6.42. The van der Waals surface area contributed by atoms with Crippen LogP contribution in [0.5, 0.6) is 0 Å². The van der Waals surface area contributed by atoms with Crippen LogP contribution in [0.15, 0.2) is 60.0 Å². The predicted octanol–water partition coefficient (Wildman–Crippen LogP) is 5.94. The van der Waals surface area contributed by atoms with Gasteiger partial charge < -0.3 is 9.88 Å². The molecule has 0 saturated carbocycles. The van der Waals surface area contributed by atoms with Crippen LogP contribution in [0.2, 0.25) is 10.0 Å². The van der Waals surface area contributed by atoms with E-state index in [4.69, 9.17) is 28.2 Å². The maximum atomic E-state index is 12.5. The van der Waals surface area contributed by atoms with E-state index in [0.29, 0.717) is 21.5 Å². The van der Waals surface area contributed by atoms with Gasteiger partial charge in [-0.2, -0.15) is 0 Å². The van der Waals surface area contributed by atoms with Crippen molar-refractivity contribution in [1.29, 1.82) is 0 Å². The molecule has 1 N–H and O–H groups in total. The van der Waals surface area contributed by atoms with Crippen molar-refractivity contribution >= 4 is 51.5 Å². The first-order valence-corrected chi connectivity index (χ1v) is 10.4. The molecule has 7 heteroatoms. The Labute approximate surface area is 176 Å². The highest BCUT2D eigenvalue weighted by Crippen LogP contribution is 2.29. The van der Waals surface area contributed by atoms with Crippen molar-refractivity contribution in [1.82, 2.24) is 14.9 Å². The summed E-state index contributed by atoms with van der Waals surface area (Å²) in [5.41, 5.74) is 2.65. The first-order valence-electron chi connectivity index (χ1n) is 8.77. The van der Waals surface area contributed by atoms with Crippen molar-refractivity contribution in [2.24, 2.45) is 0 Å². The Balaban J connectivity index is 1.74. The molecule has 1 atom stereocenters. The van der Waals surface area contributed by atoms with Crippen LogP contribution in [0, 0.1) is 0 Å². The van der Waals surface area contributed by atoms with E-state index in [1.54, 1.807) is 6.07 Å². The molecule has 1 amide bonds. The maximum Gasteiger partial charge on any atom is 0.261 e. The Kier molecular flexibility index (Phi) is 5.40. The quantitative estimate of drug-likeness (QED) is 0.426. The van der Waals surface area contributed by atoms with Crippen LogP contribution >= 0.6 is 34.5 Å². The van der Waals surface area contributed by atoms with E-state index in [2.05, 4.69) is 9.88 Å². The van der Waals surface area contributed by atoms with E-state index >= 15 is 0 Å². The zero-order chi connectivity index (χ0) is 19.7. The molecule has 28 heavy (non-hydrogen) atoms. The molecule has 0 radical (unpaired) electrons. The average molecular weight is 430 g/mol. The van der Waals surface area contributed by atoms with Crippen LogP contribution in [0.3, 0.4) is 0 Å². The molecule has 0 fully saturated rings. The van der Waals surface area contributed by atoms with E-state index in [1.807, 2.05) is 60.8 Å². The number of fused-ring (bicyclic) bond motifs is 1. The van der Waals surface area contributed by atoms with Gasteiger partial charge in [0.2, 0.25) is 0 Å². The van der Waals surface area contributed by atoms with Crippen molar-refractivity contribution in [3.05, 3.63) is 86.3 Å². The number of nitrogens with zero attached hydrogens (tertiary/aromatic N) is 2. The average Bonchev–Trinajstić information content (AvgIpc) is 3.33. The van der Waals surface area contributed by atoms with Crippen molar-refractivity contribution in [2.75, 3.05) is 0 Å². The number of hydrogen-bond acceptors (Lipinski definition) is 3. The number of carbonyl (C=O) groups excluding carboxylic acids is 1. The normalized spacial score (nSPS) is 12.2. The molecule has 4 nitrogen and oxygen atoms in total. The summed E-state index contributed by atoms with van der Waals surface area (Å²) in [7, 11) is 0. The topological polar surface area (TPSA) is 46.9 Å². The third kappa shape index (κ3) is 3.65. The fourth-order valence-corrected chi connectivity index (χ4v) is 4.32. The summed E-state index contributed by atoms with van der Waals surface area (Å²) in [6, 6.07) is 16.7. The van der Waals surface area contributed by atoms with Crippen LogP contribution in [-0.2, 0) is 6.54 Å². The molecule has 2 aromatic heterocycles. The maximum absolute atomic E-state index is 12.5. The fourth-order valence-electron chi connectivity index (χ4n) is 3.17. The fraction of sp³-hybridized carbons (Fsp3) is 0.143. The third-order valence-corrected chi connectivity index (χ3v) is 6.12. The van der Waals surface area contributed by atoms with Gasteiger partial charge in [0.15, 0.2) is 0 Å². The molecular formula is C21H17Cl2N3OS. The lowest BCUT2D eigenvalue weighted by atomic mass is 10.2. The Hall–Kier alpha value is -2.34. The van der Waals surface area contributed by atoms with Gasteiger partial charge in [-0.25, -0.2) is 4.98 Å². The number of halogens is 2. The van der Waals surface area contributed by atoms with Crippen molar-refractivity contribution in [2.45, 2.75) is 19.5 Å². The lowest BCUT2D eigenvalue weighted by Crippen LogP contribution is -2.28. The second kappa shape index (κ2) is 7.95. The Morgan fingerprint density at radius 3 is 2.57 bits per heavy atom. The van der Waals surface area contributed by atoms with Crippen molar-refractivity contribution in [3.8, 4) is 0 Å². The van der Waals surface area contributed by atoms with Gasteiger partial charge >= 0.3 is 0 Å². The first kappa shape index (κ1) is 19.0. The van der Waals surface area contributed by atoms with Gasteiger partial charge in [0.1, 0.15) is 5.82 Å². The van der Waals surface area contributed by atoms with Gasteiger partial charge in [-0.15, -0.1) is 11.3 Å². The van der Waals surface area contributed by atoms with E-state index in [-0.39, 0.29) is 11.9 Å². The molecule has 0 aliphatic rings. The molecule has 0 saturated heterocycles. The molecule has 4 aromatic rings. The monoisotopic (exact) mass is 429 g/mol. The molecule has 2 aromatic carbocycles. The van der Waals surface area contributed by atoms with Gasteiger partial charge in [-0.05, 0) is 42.6 Å². The molecule has 0 aliphatic heterocycles. The summed E-state index contributed by atoms with van der Waals surface area (Å²) in [4.78, 5) is 17.9. The summed E-state index contributed by atoms with van der Waals surface area (Å²) >= 11 is 14.2. The highest BCUT2D eigenvalue weighted by Gasteiger charge is 2.20. The highest BCUT2D eigenvalue weighted by molar-refractivity contribution is 7.12. The van der Waals surface area contributed by atoms with Crippen LogP contribution in [-0.4, -0.2) is 15.5 Å². The number of aromatic nitrogens is 2. The van der Waals surface area contributed by atoms with Gasteiger partial charge in [0.25, 0.3) is 5.91 Å². The van der Waals surface area contributed by atoms with Crippen LogP contribution in [0.1, 0.15) is 34.0 Å². The van der Waals surface area contributed by atoms with Gasteiger partial charge in [-0.1, -0.05) is 47.5 Å². The van der Waals surface area contributed by atoms with Gasteiger partial charge in [-0.3, -0.25) is 4.79 Å². The lowest BCUT2D eigenvalue weighted by molar-refractivity contribution is 0.0942. The first-order chi connectivity index (χ1) is 13.5. The summed E-state index contributed by atoms with van der Waals surface area (Å²) in [5, 5.41) is 6.13. The number of carbonyl (C=O) groups is 1. The number of imidazole rings is 1. The van der Waals surface area contributed by atoms with E-state index < -0.39 is 0 Å². The number of rotatable bonds is 5. The zero-order valence-electron chi connectivity index (χ0n) is 15.0. The minimum absolute atomic E-state index is 0.114. The summed E-state index contributed by atoms with van der Waals surface area (Å²) in [5.74, 6) is 0.638. The van der Waals surface area contributed by atoms with Crippen LogP contribution in [0.4, 0.5) is 0 Å². The minimum atomic E-state index is -0.289. The number of thiophene rings is 1. The Morgan fingerprint density at radius 1 is 1.11 bits per heavy atom. The van der Waals surface area contributed by atoms with E-state index in [0.717, 1.165) is 22.4 Å². The zero-order valence-corrected chi connectivity index (χ0v) is 17.4. The molecule has 0 bridgehead atoms. The van der Waals surface area contributed by atoms with E-state index in [9.17, 15) is 4.79 Å². The van der Waals surface area contributed by atoms with Gasteiger partial charge in [0.05, 0.1) is 28.5 Å². The molecule has 0 spiro atoms. The molecule has 2 heterocycles. The molecule has 0 aliphatic carbocycles. The Bertz CT molecular complexity index is 1120. The number of para-hydroxylation sites is 2. The lowest BCUT2D eigenvalue weighted by Gasteiger charge is -2.17. The molecule has 4 rings (SSSR count). The summed E-state index contributed by atoms with van der Waals surface area (Å²) in [6.07, 6.45) is 0. The van der Waals surface area contributed by atoms with Crippen LogP contribution < -0.4 is 5.32 Å². The highest BCUT2D eigenvalue weighted by atomic mass is 35.5. The SMILES string of the molecule is CC(NC(=O)c1cccs1)c1nc2ccccc2n1Cc1c(Cl)cccc1Cl. The summed E-state index contributed by atoms with van der Waals surface area (Å²) < 4.78 is 2.06. The summed E-state index contributed by atoms with van der Waals surface area (Å²) in [6.45, 7) is 2.39. The largest absolute Gasteiger partial charge is 0.342 e. The number of hydrogen-bond donors (Lipinski definition) is 1. The predicted molar refractivity (Wildman–Crippen MR) is 115 cm³/mol. The second-order valence-corrected chi connectivity index (χ2v) is 8.18. The van der Waals surface area contributed by atoms with Crippen molar-refractivity contribution < 1.29 is 4.79 Å². The standard InChI is InChI=1S/C21H17Cl2N3OS/c1-13(24-21(27)19-10-5-11-28-19)20-25-17-8-2-3-9-18(17)26(20)12-14-15(22)6-4-7-16(14)23/h2-11,13H,12H2,1H3,(H,24,27). The van der Waals surface area contributed by atoms with Gasteiger partial charge in [0, 0.05) is 15.6 Å².